The van der Waals surface area contributed by atoms with Crippen molar-refractivity contribution in [3.63, 3.8) is 0 Å². The summed E-state index contributed by atoms with van der Waals surface area (Å²) in [7, 11) is 0. The molecule has 0 aliphatic heterocycles. The van der Waals surface area contributed by atoms with Crippen LogP contribution in [0.15, 0.2) is 66.7 Å². The van der Waals surface area contributed by atoms with Gasteiger partial charge in [-0.25, -0.2) is 31.7 Å². The van der Waals surface area contributed by atoms with Crippen molar-refractivity contribution in [2.75, 3.05) is 11.9 Å². The second kappa shape index (κ2) is 12.3. The van der Waals surface area contributed by atoms with Gasteiger partial charge in [-0.15, -0.1) is 0 Å². The minimum atomic E-state index is -5.78. The summed E-state index contributed by atoms with van der Waals surface area (Å²) in [5, 5.41) is 2.65. The molecular formula is C32H27F7N2O4. The van der Waals surface area contributed by atoms with Crippen LogP contribution < -0.4 is 5.32 Å². The highest BCUT2D eigenvalue weighted by Gasteiger charge is 2.46. The van der Waals surface area contributed by atoms with E-state index >= 15 is 8.78 Å². The topological polar surface area (TPSA) is 69.6 Å². The van der Waals surface area contributed by atoms with E-state index in [2.05, 4.69) is 5.32 Å². The zero-order valence-electron chi connectivity index (χ0n) is 24.4. The van der Waals surface area contributed by atoms with Crippen LogP contribution in [-0.4, -0.2) is 28.8 Å². The Balaban J connectivity index is 2.01. The number of anilines is 1. The molecule has 13 heteroatoms. The molecule has 6 nitrogen and oxygen atoms in total. The smallest absolute Gasteiger partial charge is 0.422 e. The lowest BCUT2D eigenvalue weighted by Crippen LogP contribution is -2.44. The summed E-state index contributed by atoms with van der Waals surface area (Å²) < 4.78 is 111. The Bertz CT molecular complexity index is 1750. The fourth-order valence-electron chi connectivity index (χ4n) is 4.60. The van der Waals surface area contributed by atoms with Crippen LogP contribution in [0.5, 0.6) is 0 Å². The first kappa shape index (κ1) is 33.1. The Morgan fingerprint density at radius 3 is 2.00 bits per heavy atom. The van der Waals surface area contributed by atoms with Gasteiger partial charge in [-0.2, -0.15) is 13.2 Å². The fourth-order valence-corrected chi connectivity index (χ4v) is 4.60. The molecule has 0 aliphatic rings. The van der Waals surface area contributed by atoms with Gasteiger partial charge in [-0.1, -0.05) is 48.5 Å². The molecule has 0 saturated heterocycles. The molecule has 0 saturated carbocycles. The van der Waals surface area contributed by atoms with Gasteiger partial charge in [0, 0.05) is 5.39 Å². The summed E-state index contributed by atoms with van der Waals surface area (Å²) in [4.78, 5) is 26.9. The van der Waals surface area contributed by atoms with Crippen molar-refractivity contribution in [2.24, 2.45) is 0 Å². The van der Waals surface area contributed by atoms with E-state index in [4.69, 9.17) is 9.47 Å². The first-order valence-corrected chi connectivity index (χ1v) is 13.5. The second-order valence-electron chi connectivity index (χ2n) is 10.8. The fraction of sp³-hybridized carbons (Fsp3) is 0.250. The Kier molecular flexibility index (Phi) is 9.04. The Labute approximate surface area is 253 Å². The van der Waals surface area contributed by atoms with Crippen LogP contribution in [0, 0.1) is 23.3 Å². The highest BCUT2D eigenvalue weighted by atomic mass is 19.4. The minimum absolute atomic E-state index is 0.0841. The number of para-hydroxylation sites is 1. The van der Waals surface area contributed by atoms with Crippen molar-refractivity contribution in [1.29, 1.82) is 0 Å². The summed E-state index contributed by atoms with van der Waals surface area (Å²) in [6.45, 7) is 6.06. The van der Waals surface area contributed by atoms with Crippen LogP contribution >= 0.6 is 0 Å². The standard InChI is InChI=1S/C32H27F7N2O4/c1-5-44-28(42)31(19-12-7-6-8-13-19,40-27-25(35)23(33)22(32(37,38)39)24(34)26(27)36)16-15-20-17-18-11-9-10-14-21(18)41(20)29(43)45-30(2,3)4/h6-17,40H,5H2,1-4H3/b16-15+. The lowest BCUT2D eigenvalue weighted by molar-refractivity contribution is -0.147. The van der Waals surface area contributed by atoms with E-state index in [1.807, 2.05) is 0 Å². The molecule has 0 spiro atoms. The number of esters is 1. The van der Waals surface area contributed by atoms with Gasteiger partial charge in [0.25, 0.3) is 0 Å². The maximum atomic E-state index is 15.2. The lowest BCUT2D eigenvalue weighted by Gasteiger charge is -2.32. The third-order valence-corrected chi connectivity index (χ3v) is 6.51. The molecule has 0 aliphatic carbocycles. The number of fused-ring (bicyclic) bond motifs is 1. The van der Waals surface area contributed by atoms with Gasteiger partial charge in [-0.3, -0.25) is 0 Å². The molecule has 238 valence electrons. The van der Waals surface area contributed by atoms with Crippen LogP contribution in [0.3, 0.4) is 0 Å². The second-order valence-corrected chi connectivity index (χ2v) is 10.8. The molecule has 4 aromatic rings. The highest BCUT2D eigenvalue weighted by molar-refractivity contribution is 5.95. The molecular weight excluding hydrogens is 609 g/mol. The third-order valence-electron chi connectivity index (χ3n) is 6.51. The zero-order chi connectivity index (χ0) is 33.3. The van der Waals surface area contributed by atoms with E-state index in [1.165, 1.54) is 49.4 Å². The van der Waals surface area contributed by atoms with E-state index in [-0.39, 0.29) is 17.9 Å². The third kappa shape index (κ3) is 6.52. The van der Waals surface area contributed by atoms with Crippen LogP contribution in [-0.2, 0) is 26.0 Å². The molecule has 0 amide bonds. The molecule has 1 atom stereocenters. The molecule has 0 radical (unpaired) electrons. The summed E-state index contributed by atoms with van der Waals surface area (Å²) in [5.41, 5.74) is -7.50. The van der Waals surface area contributed by atoms with Gasteiger partial charge in [-0.05, 0) is 57.5 Å². The molecule has 3 aromatic carbocycles. The molecule has 1 unspecified atom stereocenters. The van der Waals surface area contributed by atoms with Crippen molar-refractivity contribution >= 4 is 34.7 Å². The molecule has 1 aromatic heterocycles. The molecule has 45 heavy (non-hydrogen) atoms. The molecule has 0 bridgehead atoms. The van der Waals surface area contributed by atoms with Gasteiger partial charge >= 0.3 is 18.2 Å². The molecule has 0 fully saturated rings. The summed E-state index contributed by atoms with van der Waals surface area (Å²) >= 11 is 0. The lowest BCUT2D eigenvalue weighted by atomic mass is 9.88. The molecule has 4 rings (SSSR count). The van der Waals surface area contributed by atoms with Gasteiger partial charge in [0.05, 0.1) is 17.8 Å². The van der Waals surface area contributed by atoms with Gasteiger partial charge < -0.3 is 14.8 Å². The maximum Gasteiger partial charge on any atom is 0.422 e. The van der Waals surface area contributed by atoms with E-state index in [0.29, 0.717) is 10.9 Å². The summed E-state index contributed by atoms with van der Waals surface area (Å²) in [6, 6.07) is 15.2. The molecule has 1 N–H and O–H groups in total. The average molecular weight is 637 g/mol. The predicted molar refractivity (Wildman–Crippen MR) is 152 cm³/mol. The Hall–Kier alpha value is -4.81. The number of nitrogens with one attached hydrogen (secondary N) is 1. The van der Waals surface area contributed by atoms with Gasteiger partial charge in [0.1, 0.15) is 16.9 Å². The minimum Gasteiger partial charge on any atom is -0.464 e. The van der Waals surface area contributed by atoms with Crippen LogP contribution in [0.2, 0.25) is 0 Å². The zero-order valence-corrected chi connectivity index (χ0v) is 24.4. The van der Waals surface area contributed by atoms with Crippen molar-refractivity contribution in [3.05, 3.63) is 107 Å². The Morgan fingerprint density at radius 2 is 1.44 bits per heavy atom. The highest BCUT2D eigenvalue weighted by Crippen LogP contribution is 2.41. The van der Waals surface area contributed by atoms with Crippen molar-refractivity contribution < 1.29 is 49.8 Å². The number of aromatic nitrogens is 1. The van der Waals surface area contributed by atoms with E-state index in [0.717, 1.165) is 10.6 Å². The van der Waals surface area contributed by atoms with Crippen molar-refractivity contribution in [3.8, 4) is 0 Å². The summed E-state index contributed by atoms with van der Waals surface area (Å²) in [6.07, 6.45) is -4.38. The average Bonchev–Trinajstić information content (AvgIpc) is 3.34. The van der Waals surface area contributed by atoms with Crippen LogP contribution in [0.1, 0.15) is 44.5 Å². The molecule has 1 heterocycles. The number of nitrogens with zero attached hydrogens (tertiary/aromatic N) is 1. The quantitative estimate of drug-likeness (QED) is 0.125. The first-order chi connectivity index (χ1) is 21.0. The summed E-state index contributed by atoms with van der Waals surface area (Å²) in [5.74, 6) is -11.5. The normalized spacial score (nSPS) is 13.6. The van der Waals surface area contributed by atoms with E-state index < -0.39 is 63.9 Å². The van der Waals surface area contributed by atoms with Crippen LogP contribution in [0.25, 0.3) is 17.0 Å². The first-order valence-electron chi connectivity index (χ1n) is 13.5. The largest absolute Gasteiger partial charge is 0.464 e. The monoisotopic (exact) mass is 636 g/mol. The number of halogens is 7. The number of benzene rings is 3. The number of carbonyl (C=O) groups is 2. The number of carbonyl (C=O) groups excluding carboxylic acids is 2. The van der Waals surface area contributed by atoms with Gasteiger partial charge in [0.15, 0.2) is 28.8 Å². The Morgan fingerprint density at radius 1 is 0.867 bits per heavy atom. The number of hydrogen-bond donors (Lipinski definition) is 1. The number of hydrogen-bond acceptors (Lipinski definition) is 5. The van der Waals surface area contributed by atoms with E-state index in [1.54, 1.807) is 45.0 Å². The number of ether oxygens (including phenoxy) is 2. The number of rotatable bonds is 7. The predicted octanol–water partition coefficient (Wildman–Crippen LogP) is 8.58. The SMILES string of the molecule is CCOC(=O)C(/C=C/c1cc2ccccc2n1C(=O)OC(C)(C)C)(Nc1c(F)c(F)c(C(F)(F)F)c(F)c1F)c1ccccc1. The number of alkyl halides is 3. The van der Waals surface area contributed by atoms with E-state index in [9.17, 15) is 31.5 Å². The van der Waals surface area contributed by atoms with Crippen molar-refractivity contribution in [1.82, 2.24) is 4.57 Å². The maximum absolute atomic E-state index is 15.2. The van der Waals surface area contributed by atoms with Crippen LogP contribution in [0.4, 0.5) is 41.2 Å². The van der Waals surface area contributed by atoms with Crippen molar-refractivity contribution in [2.45, 2.75) is 45.0 Å². The van der Waals surface area contributed by atoms with Gasteiger partial charge in [0.2, 0.25) is 0 Å².